The molecule has 0 aliphatic heterocycles. The zero-order valence-corrected chi connectivity index (χ0v) is 12.9. The predicted molar refractivity (Wildman–Crippen MR) is 83.2 cm³/mol. The smallest absolute Gasteiger partial charge is 0.205 e. The van der Waals surface area contributed by atoms with Crippen LogP contribution in [0.2, 0.25) is 0 Å². The third-order valence-electron chi connectivity index (χ3n) is 2.85. The van der Waals surface area contributed by atoms with Crippen LogP contribution in [0.3, 0.4) is 0 Å². The maximum Gasteiger partial charge on any atom is 0.205 e. The van der Waals surface area contributed by atoms with Crippen LogP contribution in [0.15, 0.2) is 29.0 Å². The van der Waals surface area contributed by atoms with Crippen molar-refractivity contribution in [1.82, 2.24) is 9.97 Å². The van der Waals surface area contributed by atoms with Gasteiger partial charge in [-0.15, -0.1) is 0 Å². The van der Waals surface area contributed by atoms with Crippen LogP contribution in [-0.2, 0) is 6.42 Å². The number of hydrogen-bond acceptors (Lipinski definition) is 6. The number of ether oxygens (including phenoxy) is 1. The van der Waals surface area contributed by atoms with Gasteiger partial charge in [0.15, 0.2) is 11.6 Å². The predicted octanol–water partition coefficient (Wildman–Crippen LogP) is 2.84. The second-order valence-electron chi connectivity index (χ2n) is 4.03. The Morgan fingerprint density at radius 1 is 1.30 bits per heavy atom. The van der Waals surface area contributed by atoms with Crippen molar-refractivity contribution < 1.29 is 4.74 Å². The van der Waals surface area contributed by atoms with Crippen LogP contribution in [0.5, 0.6) is 5.75 Å². The minimum atomic E-state index is 0.431. The summed E-state index contributed by atoms with van der Waals surface area (Å²) in [6.45, 7) is 2.09. The molecule has 1 aromatic carbocycles. The number of halogens is 1. The van der Waals surface area contributed by atoms with Crippen LogP contribution in [0, 0.1) is 0 Å². The fourth-order valence-corrected chi connectivity index (χ4v) is 2.27. The average molecular weight is 338 g/mol. The molecule has 0 atom stereocenters. The summed E-state index contributed by atoms with van der Waals surface area (Å²) in [7, 11) is 1.55. The van der Waals surface area contributed by atoms with E-state index in [1.54, 1.807) is 7.11 Å². The van der Waals surface area contributed by atoms with Gasteiger partial charge in [-0.2, -0.15) is 0 Å². The van der Waals surface area contributed by atoms with E-state index >= 15 is 0 Å². The van der Waals surface area contributed by atoms with Crippen molar-refractivity contribution in [3.63, 3.8) is 0 Å². The second kappa shape index (κ2) is 6.53. The maximum atomic E-state index is 5.41. The lowest BCUT2D eigenvalue weighted by atomic mass is 10.1. The van der Waals surface area contributed by atoms with Crippen LogP contribution >= 0.6 is 15.9 Å². The topological polar surface area (TPSA) is 85.1 Å². The summed E-state index contributed by atoms with van der Waals surface area (Å²) in [5.41, 5.74) is 4.62. The Morgan fingerprint density at radius 3 is 2.70 bits per heavy atom. The molecule has 106 valence electrons. The van der Waals surface area contributed by atoms with Gasteiger partial charge in [0.05, 0.1) is 7.11 Å². The molecule has 0 fully saturated rings. The van der Waals surface area contributed by atoms with Crippen LogP contribution in [-0.4, -0.2) is 17.1 Å². The van der Waals surface area contributed by atoms with Crippen LogP contribution in [0.4, 0.5) is 17.3 Å². The molecule has 0 radical (unpaired) electrons. The number of hydrogen-bond donors (Lipinski definition) is 3. The van der Waals surface area contributed by atoms with Crippen molar-refractivity contribution in [1.29, 1.82) is 0 Å². The summed E-state index contributed by atoms with van der Waals surface area (Å²) < 4.78 is 6.34. The van der Waals surface area contributed by atoms with Gasteiger partial charge in [0.1, 0.15) is 6.33 Å². The molecule has 1 aromatic heterocycles. The van der Waals surface area contributed by atoms with E-state index in [0.29, 0.717) is 17.4 Å². The molecule has 0 saturated heterocycles. The van der Waals surface area contributed by atoms with Crippen molar-refractivity contribution >= 4 is 33.3 Å². The number of benzene rings is 1. The van der Waals surface area contributed by atoms with Crippen molar-refractivity contribution in [3.8, 4) is 5.75 Å². The quantitative estimate of drug-likeness (QED) is 0.574. The van der Waals surface area contributed by atoms with Gasteiger partial charge in [0.25, 0.3) is 0 Å². The molecule has 0 spiro atoms. The van der Waals surface area contributed by atoms with E-state index in [9.17, 15) is 0 Å². The molecule has 2 rings (SSSR count). The Kier molecular flexibility index (Phi) is 4.75. The Bertz CT molecular complexity index is 605. The van der Waals surface area contributed by atoms with E-state index < -0.39 is 0 Å². The number of methoxy groups -OCH3 is 1. The van der Waals surface area contributed by atoms with E-state index in [2.05, 4.69) is 49.6 Å². The SMILES string of the molecule is CCc1cc(Br)ccc1Nc1ncnc(NN)c1OC. The van der Waals surface area contributed by atoms with E-state index in [4.69, 9.17) is 10.6 Å². The molecule has 6 nitrogen and oxygen atoms in total. The second-order valence-corrected chi connectivity index (χ2v) is 4.94. The third kappa shape index (κ3) is 3.00. The van der Waals surface area contributed by atoms with E-state index in [1.165, 1.54) is 11.9 Å². The molecule has 7 heteroatoms. The number of anilines is 3. The number of nitrogens with one attached hydrogen (secondary N) is 2. The summed E-state index contributed by atoms with van der Waals surface area (Å²) in [5.74, 6) is 6.88. The lowest BCUT2D eigenvalue weighted by Crippen LogP contribution is -2.11. The Hall–Kier alpha value is -1.86. The summed E-state index contributed by atoms with van der Waals surface area (Å²) in [6.07, 6.45) is 2.32. The number of rotatable bonds is 5. The van der Waals surface area contributed by atoms with Gasteiger partial charge in [-0.05, 0) is 30.2 Å². The summed E-state index contributed by atoms with van der Waals surface area (Å²) in [6, 6.07) is 6.02. The highest BCUT2D eigenvalue weighted by Crippen LogP contribution is 2.32. The van der Waals surface area contributed by atoms with Gasteiger partial charge in [-0.1, -0.05) is 22.9 Å². The lowest BCUT2D eigenvalue weighted by Gasteiger charge is -2.14. The lowest BCUT2D eigenvalue weighted by molar-refractivity contribution is 0.415. The number of nitrogens with two attached hydrogens (primary N) is 1. The zero-order valence-electron chi connectivity index (χ0n) is 11.3. The molecule has 20 heavy (non-hydrogen) atoms. The number of nitrogen functional groups attached to an aromatic ring is 1. The Morgan fingerprint density at radius 2 is 2.05 bits per heavy atom. The van der Waals surface area contributed by atoms with E-state index in [0.717, 1.165) is 16.6 Å². The number of nitrogens with zero attached hydrogens (tertiary/aromatic N) is 2. The molecular weight excluding hydrogens is 322 g/mol. The fraction of sp³-hybridized carbons (Fsp3) is 0.231. The highest BCUT2D eigenvalue weighted by Gasteiger charge is 2.12. The highest BCUT2D eigenvalue weighted by atomic mass is 79.9. The first kappa shape index (κ1) is 14.5. The van der Waals surface area contributed by atoms with E-state index in [1.807, 2.05) is 12.1 Å². The van der Waals surface area contributed by atoms with Crippen molar-refractivity contribution in [2.24, 2.45) is 5.84 Å². The number of aromatic nitrogens is 2. The number of hydrazine groups is 1. The van der Waals surface area contributed by atoms with Crippen molar-refractivity contribution in [2.75, 3.05) is 17.9 Å². The van der Waals surface area contributed by atoms with Gasteiger partial charge >= 0.3 is 0 Å². The van der Waals surface area contributed by atoms with Crippen LogP contribution in [0.25, 0.3) is 0 Å². The maximum absolute atomic E-state index is 5.41. The summed E-state index contributed by atoms with van der Waals surface area (Å²) >= 11 is 3.47. The van der Waals surface area contributed by atoms with E-state index in [-0.39, 0.29) is 0 Å². The normalized spacial score (nSPS) is 10.2. The first-order chi connectivity index (χ1) is 9.69. The first-order valence-electron chi connectivity index (χ1n) is 6.10. The van der Waals surface area contributed by atoms with Gasteiger partial charge in [-0.3, -0.25) is 0 Å². The van der Waals surface area contributed by atoms with Gasteiger partial charge < -0.3 is 15.5 Å². The van der Waals surface area contributed by atoms with Gasteiger partial charge in [0, 0.05) is 10.2 Å². The van der Waals surface area contributed by atoms with Gasteiger partial charge in [-0.25, -0.2) is 15.8 Å². The summed E-state index contributed by atoms with van der Waals surface area (Å²) in [5, 5.41) is 3.25. The van der Waals surface area contributed by atoms with Crippen molar-refractivity contribution in [2.45, 2.75) is 13.3 Å². The van der Waals surface area contributed by atoms with Crippen molar-refractivity contribution in [3.05, 3.63) is 34.6 Å². The molecule has 1 heterocycles. The standard InChI is InChI=1S/C13H16BrN5O/c1-3-8-6-9(14)4-5-10(8)18-12-11(20-2)13(19-15)17-7-16-12/h4-7H,3,15H2,1-2H3,(H2,16,17,18,19). The van der Waals surface area contributed by atoms with Crippen LogP contribution in [0.1, 0.15) is 12.5 Å². The highest BCUT2D eigenvalue weighted by molar-refractivity contribution is 9.10. The Labute approximate surface area is 125 Å². The minimum Gasteiger partial charge on any atom is -0.490 e. The molecule has 4 N–H and O–H groups in total. The minimum absolute atomic E-state index is 0.431. The molecule has 2 aromatic rings. The molecule has 0 bridgehead atoms. The molecule has 0 aliphatic rings. The summed E-state index contributed by atoms with van der Waals surface area (Å²) in [4.78, 5) is 8.20. The number of aryl methyl sites for hydroxylation is 1. The fourth-order valence-electron chi connectivity index (χ4n) is 1.86. The molecule has 0 amide bonds. The van der Waals surface area contributed by atoms with Gasteiger partial charge in [0.2, 0.25) is 5.75 Å². The zero-order chi connectivity index (χ0) is 14.5. The largest absolute Gasteiger partial charge is 0.490 e. The first-order valence-corrected chi connectivity index (χ1v) is 6.90. The molecule has 0 unspecified atom stereocenters. The third-order valence-corrected chi connectivity index (χ3v) is 3.34. The Balaban J connectivity index is 2.39. The molecule has 0 aliphatic carbocycles. The molecule has 0 saturated carbocycles. The molecular formula is C13H16BrN5O. The monoisotopic (exact) mass is 337 g/mol. The average Bonchev–Trinajstić information content (AvgIpc) is 2.48. The van der Waals surface area contributed by atoms with Crippen LogP contribution < -0.4 is 21.3 Å².